The van der Waals surface area contributed by atoms with Crippen LogP contribution in [-0.2, 0) is 6.54 Å². The lowest BCUT2D eigenvalue weighted by molar-refractivity contribution is 0.139. The summed E-state index contributed by atoms with van der Waals surface area (Å²) >= 11 is 0. The highest BCUT2D eigenvalue weighted by molar-refractivity contribution is 5.97. The highest BCUT2D eigenvalue weighted by Crippen LogP contribution is 2.31. The van der Waals surface area contributed by atoms with Crippen LogP contribution in [0.5, 0.6) is 0 Å². The Hall–Kier alpha value is -2.70. The fraction of sp³-hybridized carbons (Fsp3) is 0.286. The zero-order chi connectivity index (χ0) is 18.4. The van der Waals surface area contributed by atoms with E-state index >= 15 is 0 Å². The zero-order valence-electron chi connectivity index (χ0n) is 15.2. The maximum Gasteiger partial charge on any atom is 0.209 e. The average Bonchev–Trinajstić information content (AvgIpc) is 3.25. The lowest BCUT2D eigenvalue weighted by Gasteiger charge is -2.31. The highest BCUT2D eigenvalue weighted by atomic mass is 19.1. The van der Waals surface area contributed by atoms with Crippen LogP contribution in [0, 0.1) is 5.82 Å². The third-order valence-electron chi connectivity index (χ3n) is 5.34. The normalized spacial score (nSPS) is 16.5. The minimum Gasteiger partial charge on any atom is -0.439 e. The number of nitrogens with zero attached hydrogens (tertiary/aromatic N) is 3. The topological polar surface area (TPSA) is 48.3 Å². The van der Waals surface area contributed by atoms with Gasteiger partial charge in [0.1, 0.15) is 11.3 Å². The fourth-order valence-electron chi connectivity index (χ4n) is 3.74. The number of H-pyrrole nitrogens is 1. The van der Waals surface area contributed by atoms with Crippen molar-refractivity contribution in [2.24, 2.45) is 0 Å². The van der Waals surface area contributed by atoms with Crippen molar-refractivity contribution in [2.75, 3.05) is 33.2 Å². The van der Waals surface area contributed by atoms with Crippen molar-refractivity contribution in [3.05, 3.63) is 54.3 Å². The number of oxazole rings is 1. The molecule has 3 heterocycles. The molecule has 6 heteroatoms. The molecule has 0 spiro atoms. The van der Waals surface area contributed by atoms with Crippen LogP contribution >= 0.6 is 0 Å². The quantitative estimate of drug-likeness (QED) is 0.600. The van der Waals surface area contributed by atoms with E-state index < -0.39 is 0 Å². The molecule has 5 nitrogen and oxygen atoms in total. The fourth-order valence-corrected chi connectivity index (χ4v) is 3.74. The van der Waals surface area contributed by atoms with E-state index in [1.807, 2.05) is 24.4 Å². The molecule has 1 N–H and O–H groups in total. The first-order chi connectivity index (χ1) is 13.2. The van der Waals surface area contributed by atoms with Crippen LogP contribution in [0.3, 0.4) is 0 Å². The van der Waals surface area contributed by atoms with Gasteiger partial charge >= 0.3 is 0 Å². The molecular weight excluding hydrogens is 343 g/mol. The molecule has 0 amide bonds. The van der Waals surface area contributed by atoms with E-state index in [-0.39, 0.29) is 5.82 Å². The lowest BCUT2D eigenvalue weighted by Crippen LogP contribution is -2.43. The van der Waals surface area contributed by atoms with E-state index in [1.54, 1.807) is 6.07 Å². The Labute approximate surface area is 156 Å². The molecule has 1 saturated heterocycles. The number of rotatable bonds is 3. The molecule has 1 aliphatic rings. The molecule has 0 unspecified atom stereocenters. The van der Waals surface area contributed by atoms with Crippen LogP contribution < -0.4 is 0 Å². The maximum absolute atomic E-state index is 13.4. The molecule has 1 fully saturated rings. The van der Waals surface area contributed by atoms with Gasteiger partial charge in [0.05, 0.1) is 6.54 Å². The number of benzene rings is 2. The van der Waals surface area contributed by atoms with Gasteiger partial charge in [0.2, 0.25) is 5.89 Å². The maximum atomic E-state index is 13.4. The number of piperazine rings is 1. The molecule has 0 saturated carbocycles. The van der Waals surface area contributed by atoms with Gasteiger partial charge in [-0.15, -0.1) is 0 Å². The second kappa shape index (κ2) is 6.48. The molecule has 2 aromatic carbocycles. The standard InChI is InChI=1S/C21H21FN4O/c1-25-6-8-26(9-7-25)13-21-24-18-5-2-14(10-20(18)27-21)17-12-23-19-11-15(22)3-4-16(17)19/h2-5,10-12,23H,6-9,13H2,1H3. The highest BCUT2D eigenvalue weighted by Gasteiger charge is 2.17. The van der Waals surface area contributed by atoms with Crippen LogP contribution in [0.15, 0.2) is 47.0 Å². The first kappa shape index (κ1) is 16.5. The summed E-state index contributed by atoms with van der Waals surface area (Å²) in [5.41, 5.74) is 4.51. The van der Waals surface area contributed by atoms with Crippen LogP contribution in [-0.4, -0.2) is 53.0 Å². The number of aromatic nitrogens is 2. The Balaban J connectivity index is 1.45. The summed E-state index contributed by atoms with van der Waals surface area (Å²) in [7, 11) is 2.15. The molecule has 1 aliphatic heterocycles. The van der Waals surface area contributed by atoms with E-state index in [0.717, 1.165) is 71.7 Å². The van der Waals surface area contributed by atoms with Gasteiger partial charge in [-0.05, 0) is 42.9 Å². The van der Waals surface area contributed by atoms with Gasteiger partial charge in [0.15, 0.2) is 5.58 Å². The first-order valence-corrected chi connectivity index (χ1v) is 9.23. The second-order valence-corrected chi connectivity index (χ2v) is 7.26. The molecule has 0 atom stereocenters. The van der Waals surface area contributed by atoms with Crippen molar-refractivity contribution in [3.63, 3.8) is 0 Å². The van der Waals surface area contributed by atoms with Crippen LogP contribution in [0.4, 0.5) is 4.39 Å². The van der Waals surface area contributed by atoms with Crippen molar-refractivity contribution >= 4 is 22.0 Å². The Morgan fingerprint density at radius 1 is 1.11 bits per heavy atom. The summed E-state index contributed by atoms with van der Waals surface area (Å²) in [6, 6.07) is 10.9. The minimum absolute atomic E-state index is 0.241. The smallest absolute Gasteiger partial charge is 0.209 e. The Morgan fingerprint density at radius 2 is 1.96 bits per heavy atom. The largest absolute Gasteiger partial charge is 0.439 e. The molecule has 2 aromatic heterocycles. The van der Waals surface area contributed by atoms with Crippen LogP contribution in [0.1, 0.15) is 5.89 Å². The van der Waals surface area contributed by atoms with Crippen molar-refractivity contribution in [1.82, 2.24) is 19.8 Å². The minimum atomic E-state index is -0.241. The molecule has 0 aliphatic carbocycles. The summed E-state index contributed by atoms with van der Waals surface area (Å²) in [4.78, 5) is 12.5. The number of hydrogen-bond donors (Lipinski definition) is 1. The molecule has 4 aromatic rings. The average molecular weight is 364 g/mol. The van der Waals surface area contributed by atoms with Crippen LogP contribution in [0.25, 0.3) is 33.1 Å². The molecule has 5 rings (SSSR count). The lowest BCUT2D eigenvalue weighted by atomic mass is 10.0. The summed E-state index contributed by atoms with van der Waals surface area (Å²) in [6.07, 6.45) is 1.91. The van der Waals surface area contributed by atoms with E-state index in [2.05, 4.69) is 26.8 Å². The van der Waals surface area contributed by atoms with E-state index in [4.69, 9.17) is 4.42 Å². The Kier molecular flexibility index (Phi) is 3.95. The van der Waals surface area contributed by atoms with Gasteiger partial charge < -0.3 is 14.3 Å². The summed E-state index contributed by atoms with van der Waals surface area (Å²) in [5.74, 6) is 0.517. The van der Waals surface area contributed by atoms with Gasteiger partial charge in [0.25, 0.3) is 0 Å². The van der Waals surface area contributed by atoms with Gasteiger partial charge in [-0.1, -0.05) is 6.07 Å². The zero-order valence-corrected chi connectivity index (χ0v) is 15.2. The SMILES string of the molecule is CN1CCN(Cc2nc3ccc(-c4c[nH]c5cc(F)ccc45)cc3o2)CC1. The van der Waals surface area contributed by atoms with Crippen LogP contribution in [0.2, 0.25) is 0 Å². The second-order valence-electron chi connectivity index (χ2n) is 7.26. The van der Waals surface area contributed by atoms with E-state index in [9.17, 15) is 4.39 Å². The van der Waals surface area contributed by atoms with Gasteiger partial charge in [0, 0.05) is 48.8 Å². The number of fused-ring (bicyclic) bond motifs is 2. The molecule has 0 bridgehead atoms. The first-order valence-electron chi connectivity index (χ1n) is 9.23. The van der Waals surface area contributed by atoms with Crippen molar-refractivity contribution in [2.45, 2.75) is 6.54 Å². The predicted molar refractivity (Wildman–Crippen MR) is 104 cm³/mol. The summed E-state index contributed by atoms with van der Waals surface area (Å²) in [6.45, 7) is 4.96. The van der Waals surface area contributed by atoms with Crippen molar-refractivity contribution in [3.8, 4) is 11.1 Å². The number of likely N-dealkylation sites (N-methyl/N-ethyl adjacent to an activating group) is 1. The van der Waals surface area contributed by atoms with Gasteiger partial charge in [-0.2, -0.15) is 0 Å². The summed E-state index contributed by atoms with van der Waals surface area (Å²) < 4.78 is 19.5. The van der Waals surface area contributed by atoms with Gasteiger partial charge in [-0.3, -0.25) is 4.90 Å². The molecule has 27 heavy (non-hydrogen) atoms. The van der Waals surface area contributed by atoms with Crippen molar-refractivity contribution < 1.29 is 8.81 Å². The number of hydrogen-bond acceptors (Lipinski definition) is 4. The Bertz CT molecular complexity index is 1110. The molecule has 138 valence electrons. The number of aromatic amines is 1. The third kappa shape index (κ3) is 3.11. The third-order valence-corrected chi connectivity index (χ3v) is 5.34. The number of halogens is 1. The van der Waals surface area contributed by atoms with E-state index in [0.29, 0.717) is 0 Å². The molecular formula is C21H21FN4O. The van der Waals surface area contributed by atoms with Crippen molar-refractivity contribution in [1.29, 1.82) is 0 Å². The summed E-state index contributed by atoms with van der Waals surface area (Å²) in [5, 5.41) is 0.993. The monoisotopic (exact) mass is 364 g/mol. The van der Waals surface area contributed by atoms with E-state index in [1.165, 1.54) is 12.1 Å². The molecule has 0 radical (unpaired) electrons. The number of nitrogens with one attached hydrogen (secondary N) is 1. The Morgan fingerprint density at radius 3 is 2.81 bits per heavy atom. The predicted octanol–water partition coefficient (Wildman–Crippen LogP) is 3.86. The van der Waals surface area contributed by atoms with Gasteiger partial charge in [-0.25, -0.2) is 9.37 Å².